The number of carbonyl (C=O) groups is 2. The number of aryl methyl sites for hydroxylation is 1. The summed E-state index contributed by atoms with van der Waals surface area (Å²) in [4.78, 5) is 31.9. The number of halogens is 1. The molecule has 0 fully saturated rings. The number of nitrogens with one attached hydrogen (secondary N) is 1. The number of hydrogen-bond donors (Lipinski definition) is 1. The molecule has 3 aromatic rings. The van der Waals surface area contributed by atoms with E-state index in [4.69, 9.17) is 11.6 Å². The molecule has 0 radical (unpaired) electrons. The molecule has 0 unspecified atom stereocenters. The number of carbonyl (C=O) groups excluding carboxylic acids is 2. The maximum absolute atomic E-state index is 13.3. The van der Waals surface area contributed by atoms with E-state index >= 15 is 0 Å². The van der Waals surface area contributed by atoms with Gasteiger partial charge in [0.15, 0.2) is 0 Å². The molecule has 2 aromatic carbocycles. The zero-order valence-electron chi connectivity index (χ0n) is 18.4. The van der Waals surface area contributed by atoms with Gasteiger partial charge in [0.1, 0.15) is 6.54 Å². The summed E-state index contributed by atoms with van der Waals surface area (Å²) >= 11 is 7.71. The van der Waals surface area contributed by atoms with Crippen molar-refractivity contribution in [1.82, 2.24) is 9.80 Å². The fourth-order valence-corrected chi connectivity index (χ4v) is 4.45. The third kappa shape index (κ3) is 7.11. The van der Waals surface area contributed by atoms with E-state index in [0.717, 1.165) is 16.9 Å². The van der Waals surface area contributed by atoms with Gasteiger partial charge in [-0.1, -0.05) is 54.9 Å². The molecular weight excluding hydrogens is 442 g/mol. The molecule has 1 N–H and O–H groups in total. The predicted molar refractivity (Wildman–Crippen MR) is 132 cm³/mol. The number of hydrogen-bond acceptors (Lipinski definition) is 3. The van der Waals surface area contributed by atoms with Crippen molar-refractivity contribution in [3.63, 3.8) is 0 Å². The zero-order chi connectivity index (χ0) is 22.9. The minimum absolute atomic E-state index is 0.0113. The fourth-order valence-electron chi connectivity index (χ4n) is 3.35. The van der Waals surface area contributed by atoms with Crippen molar-refractivity contribution in [2.24, 2.45) is 0 Å². The number of urea groups is 1. The van der Waals surface area contributed by atoms with Gasteiger partial charge in [0.05, 0.1) is 6.54 Å². The zero-order valence-corrected chi connectivity index (χ0v) is 20.0. The third-order valence-electron chi connectivity index (χ3n) is 4.89. The van der Waals surface area contributed by atoms with Crippen LogP contribution in [0.15, 0.2) is 66.7 Å². The molecule has 0 spiro atoms. The van der Waals surface area contributed by atoms with Gasteiger partial charge in [0.25, 0.3) is 0 Å². The van der Waals surface area contributed by atoms with Crippen molar-refractivity contribution in [3.8, 4) is 0 Å². The minimum Gasteiger partial charge on any atom is -0.332 e. The molecule has 0 atom stereocenters. The van der Waals surface area contributed by atoms with Gasteiger partial charge in [-0.25, -0.2) is 4.79 Å². The number of nitrogens with zero attached hydrogens (tertiary/aromatic N) is 2. The first-order valence-corrected chi connectivity index (χ1v) is 11.8. The molecule has 7 heteroatoms. The second-order valence-corrected chi connectivity index (χ2v) is 9.42. The second kappa shape index (κ2) is 11.7. The highest BCUT2D eigenvalue weighted by molar-refractivity contribution is 7.11. The maximum atomic E-state index is 13.3. The lowest BCUT2D eigenvalue weighted by atomic mass is 10.2. The largest absolute Gasteiger partial charge is 0.332 e. The first-order chi connectivity index (χ1) is 15.4. The Morgan fingerprint density at radius 3 is 2.41 bits per heavy atom. The van der Waals surface area contributed by atoms with Crippen LogP contribution in [0.2, 0.25) is 5.02 Å². The average Bonchev–Trinajstić information content (AvgIpc) is 3.18. The van der Waals surface area contributed by atoms with Crippen LogP contribution < -0.4 is 5.32 Å². The van der Waals surface area contributed by atoms with Crippen molar-refractivity contribution < 1.29 is 9.59 Å². The topological polar surface area (TPSA) is 52.7 Å². The highest BCUT2D eigenvalue weighted by Gasteiger charge is 2.22. The molecule has 0 bridgehead atoms. The molecule has 0 aliphatic heterocycles. The first-order valence-electron chi connectivity index (χ1n) is 10.6. The van der Waals surface area contributed by atoms with Crippen molar-refractivity contribution in [2.45, 2.75) is 33.4 Å². The number of anilines is 1. The number of amides is 3. The summed E-state index contributed by atoms with van der Waals surface area (Å²) in [7, 11) is 0. The van der Waals surface area contributed by atoms with Gasteiger partial charge < -0.3 is 15.1 Å². The van der Waals surface area contributed by atoms with Gasteiger partial charge in [-0.3, -0.25) is 4.79 Å². The van der Waals surface area contributed by atoms with Crippen LogP contribution >= 0.6 is 22.9 Å². The molecule has 0 saturated carbocycles. The lowest BCUT2D eigenvalue weighted by Crippen LogP contribution is -2.44. The van der Waals surface area contributed by atoms with Gasteiger partial charge in [-0.2, -0.15) is 0 Å². The Labute approximate surface area is 198 Å². The maximum Gasteiger partial charge on any atom is 0.322 e. The summed E-state index contributed by atoms with van der Waals surface area (Å²) in [6.45, 7) is 5.54. The molecule has 0 aliphatic carbocycles. The van der Waals surface area contributed by atoms with E-state index < -0.39 is 0 Å². The van der Waals surface area contributed by atoms with Crippen LogP contribution in [-0.2, 0) is 17.9 Å². The Bertz CT molecular complexity index is 1040. The van der Waals surface area contributed by atoms with Gasteiger partial charge in [0, 0.05) is 33.6 Å². The van der Waals surface area contributed by atoms with Crippen molar-refractivity contribution in [3.05, 3.63) is 87.1 Å². The smallest absolute Gasteiger partial charge is 0.322 e. The number of rotatable bonds is 9. The molecule has 0 aliphatic rings. The van der Waals surface area contributed by atoms with E-state index in [0.29, 0.717) is 30.3 Å². The quantitative estimate of drug-likeness (QED) is 0.406. The summed E-state index contributed by atoms with van der Waals surface area (Å²) in [5, 5.41) is 3.39. The van der Waals surface area contributed by atoms with E-state index in [9.17, 15) is 9.59 Å². The number of thiophene rings is 1. The van der Waals surface area contributed by atoms with Crippen molar-refractivity contribution >= 4 is 40.6 Å². The normalized spacial score (nSPS) is 10.6. The molecule has 168 valence electrons. The molecule has 3 rings (SSSR count). The van der Waals surface area contributed by atoms with Crippen molar-refractivity contribution in [2.75, 3.05) is 18.4 Å². The van der Waals surface area contributed by atoms with Crippen LogP contribution in [0.3, 0.4) is 0 Å². The molecule has 0 saturated heterocycles. The van der Waals surface area contributed by atoms with E-state index in [1.54, 1.807) is 40.5 Å². The second-order valence-electron chi connectivity index (χ2n) is 7.61. The standard InChI is InChI=1S/C25H28ClN3O2S/c1-3-14-28(25(31)27-22-11-7-10-21(26)15-22)18-24(30)29(16-20-8-5-4-6-9-20)17-23-13-12-19(2)32-23/h4-13,15H,3,14,16-18H2,1-2H3,(H,27,31). The van der Waals surface area contributed by atoms with Crippen LogP contribution in [0.25, 0.3) is 0 Å². The average molecular weight is 470 g/mol. The summed E-state index contributed by atoms with van der Waals surface area (Å²) in [5.74, 6) is -0.0883. The fraction of sp³-hybridized carbons (Fsp3) is 0.280. The highest BCUT2D eigenvalue weighted by atomic mass is 35.5. The van der Waals surface area contributed by atoms with Gasteiger partial charge in [-0.15, -0.1) is 11.3 Å². The first kappa shape index (κ1) is 23.8. The van der Waals surface area contributed by atoms with Crippen LogP contribution in [0.4, 0.5) is 10.5 Å². The summed E-state index contributed by atoms with van der Waals surface area (Å²) < 4.78 is 0. The van der Waals surface area contributed by atoms with E-state index in [1.165, 1.54) is 4.88 Å². The van der Waals surface area contributed by atoms with Crippen LogP contribution in [-0.4, -0.2) is 34.8 Å². The molecule has 5 nitrogen and oxygen atoms in total. The Hall–Kier alpha value is -2.83. The van der Waals surface area contributed by atoms with Crippen LogP contribution in [0, 0.1) is 6.92 Å². The Morgan fingerprint density at radius 2 is 1.75 bits per heavy atom. The van der Waals surface area contributed by atoms with E-state index in [-0.39, 0.29) is 18.5 Å². The van der Waals surface area contributed by atoms with E-state index in [1.807, 2.05) is 42.2 Å². The summed E-state index contributed by atoms with van der Waals surface area (Å²) in [5.41, 5.74) is 1.66. The predicted octanol–water partition coefficient (Wildman–Crippen LogP) is 6.18. The van der Waals surface area contributed by atoms with E-state index in [2.05, 4.69) is 24.4 Å². The van der Waals surface area contributed by atoms with Gasteiger partial charge in [0.2, 0.25) is 5.91 Å². The van der Waals surface area contributed by atoms with Crippen LogP contribution in [0.1, 0.15) is 28.7 Å². The Balaban J connectivity index is 1.73. The lowest BCUT2D eigenvalue weighted by Gasteiger charge is -2.27. The third-order valence-corrected chi connectivity index (χ3v) is 6.11. The Morgan fingerprint density at radius 1 is 0.969 bits per heavy atom. The SMILES string of the molecule is CCCN(CC(=O)N(Cc1ccccc1)Cc1ccc(C)s1)C(=O)Nc1cccc(Cl)c1. The molecule has 3 amide bonds. The summed E-state index contributed by atoms with van der Waals surface area (Å²) in [6.07, 6.45) is 0.749. The molecule has 1 heterocycles. The monoisotopic (exact) mass is 469 g/mol. The molecular formula is C25H28ClN3O2S. The van der Waals surface area contributed by atoms with Gasteiger partial charge >= 0.3 is 6.03 Å². The number of benzene rings is 2. The van der Waals surface area contributed by atoms with Crippen LogP contribution in [0.5, 0.6) is 0 Å². The Kier molecular flexibility index (Phi) is 8.71. The highest BCUT2D eigenvalue weighted by Crippen LogP contribution is 2.19. The van der Waals surface area contributed by atoms with Crippen molar-refractivity contribution in [1.29, 1.82) is 0 Å². The molecule has 32 heavy (non-hydrogen) atoms. The summed E-state index contributed by atoms with van der Waals surface area (Å²) in [6, 6.07) is 20.7. The lowest BCUT2D eigenvalue weighted by molar-refractivity contribution is -0.133. The molecule has 1 aromatic heterocycles. The minimum atomic E-state index is -0.311. The van der Waals surface area contributed by atoms with Gasteiger partial charge in [-0.05, 0) is 49.2 Å².